The zero-order valence-corrected chi connectivity index (χ0v) is 18.5. The van der Waals surface area contributed by atoms with Crippen LogP contribution in [0.2, 0.25) is 0 Å². The molecule has 0 saturated heterocycles. The number of Topliss-reactive ketones (excluding diaryl/α,β-unsaturated/α-hetero) is 1. The van der Waals surface area contributed by atoms with Crippen LogP contribution in [0.1, 0.15) is 53.4 Å². The van der Waals surface area contributed by atoms with Gasteiger partial charge in [-0.3, -0.25) is 9.59 Å². The van der Waals surface area contributed by atoms with E-state index in [0.29, 0.717) is 16.6 Å². The van der Waals surface area contributed by atoms with Crippen LogP contribution < -0.4 is 10.1 Å². The largest absolute Gasteiger partial charge is 0.497 e. The Labute approximate surface area is 181 Å². The Hall–Kier alpha value is -2.99. The van der Waals surface area contributed by atoms with Crippen molar-refractivity contribution in [3.8, 4) is 17.0 Å². The number of anilines is 1. The minimum Gasteiger partial charge on any atom is -0.497 e. The Morgan fingerprint density at radius 1 is 1.03 bits per heavy atom. The van der Waals surface area contributed by atoms with Gasteiger partial charge < -0.3 is 10.1 Å². The molecule has 6 heteroatoms. The number of ether oxygens (including phenoxy) is 1. The summed E-state index contributed by atoms with van der Waals surface area (Å²) >= 11 is 1.42. The topological polar surface area (TPSA) is 68.3 Å². The lowest BCUT2D eigenvalue weighted by molar-refractivity contribution is -0.116. The van der Waals surface area contributed by atoms with Gasteiger partial charge in [-0.2, -0.15) is 0 Å². The molecule has 0 fully saturated rings. The lowest BCUT2D eigenvalue weighted by Crippen LogP contribution is -2.13. The number of aromatic nitrogens is 1. The molecule has 0 bridgehead atoms. The van der Waals surface area contributed by atoms with E-state index in [-0.39, 0.29) is 24.5 Å². The summed E-state index contributed by atoms with van der Waals surface area (Å²) in [7, 11) is 1.63. The Balaban J connectivity index is 1.57. The van der Waals surface area contributed by atoms with Crippen LogP contribution in [0.4, 0.5) is 5.13 Å². The van der Waals surface area contributed by atoms with Crippen molar-refractivity contribution in [2.45, 2.75) is 39.5 Å². The molecule has 156 valence electrons. The number of rotatable bonds is 8. The summed E-state index contributed by atoms with van der Waals surface area (Å²) in [5.74, 6) is 0.958. The number of aryl methyl sites for hydroxylation is 1. The molecular formula is C24H26N2O3S. The van der Waals surface area contributed by atoms with Crippen LogP contribution in [0, 0.1) is 6.92 Å². The fraction of sp³-hybridized carbons (Fsp3) is 0.292. The standard InChI is InChI=1S/C24H26N2O3S/c1-15(2)17-5-7-18(8-6-17)21(27)13-14-22(28)25-24-26-23(16(3)30-24)19-9-11-20(29-4)12-10-19/h5-12,15H,13-14H2,1-4H3,(H,25,26,28). The highest BCUT2D eigenvalue weighted by Gasteiger charge is 2.14. The van der Waals surface area contributed by atoms with Gasteiger partial charge in [-0.25, -0.2) is 4.98 Å². The van der Waals surface area contributed by atoms with Crippen molar-refractivity contribution < 1.29 is 14.3 Å². The Kier molecular flexibility index (Phi) is 7.00. The molecule has 0 aliphatic heterocycles. The van der Waals surface area contributed by atoms with E-state index in [9.17, 15) is 9.59 Å². The summed E-state index contributed by atoms with van der Waals surface area (Å²) in [4.78, 5) is 30.3. The van der Waals surface area contributed by atoms with Crippen molar-refractivity contribution in [1.82, 2.24) is 4.98 Å². The number of carbonyl (C=O) groups excluding carboxylic acids is 2. The molecule has 0 radical (unpaired) electrons. The van der Waals surface area contributed by atoms with Gasteiger partial charge in [0.05, 0.1) is 12.8 Å². The predicted octanol–water partition coefficient (Wildman–Crippen LogP) is 5.85. The molecule has 1 heterocycles. The van der Waals surface area contributed by atoms with Gasteiger partial charge in [0.1, 0.15) is 5.75 Å². The third-order valence-electron chi connectivity index (χ3n) is 4.88. The molecule has 0 saturated carbocycles. The number of hydrogen-bond acceptors (Lipinski definition) is 5. The fourth-order valence-corrected chi connectivity index (χ4v) is 3.93. The first-order valence-corrected chi connectivity index (χ1v) is 10.7. The van der Waals surface area contributed by atoms with E-state index >= 15 is 0 Å². The maximum absolute atomic E-state index is 12.4. The van der Waals surface area contributed by atoms with Gasteiger partial charge in [0.2, 0.25) is 5.91 Å². The van der Waals surface area contributed by atoms with Gasteiger partial charge in [0.25, 0.3) is 0 Å². The number of amides is 1. The minimum atomic E-state index is -0.211. The van der Waals surface area contributed by atoms with Crippen LogP contribution in [0.25, 0.3) is 11.3 Å². The SMILES string of the molecule is COc1ccc(-c2nc(NC(=O)CCC(=O)c3ccc(C(C)C)cc3)sc2C)cc1. The smallest absolute Gasteiger partial charge is 0.226 e. The molecular weight excluding hydrogens is 396 g/mol. The molecule has 3 rings (SSSR count). The van der Waals surface area contributed by atoms with Crippen LogP contribution in [0.3, 0.4) is 0 Å². The van der Waals surface area contributed by atoms with Crippen LogP contribution in [-0.4, -0.2) is 23.8 Å². The van der Waals surface area contributed by atoms with E-state index in [2.05, 4.69) is 24.1 Å². The average molecular weight is 423 g/mol. The van der Waals surface area contributed by atoms with Gasteiger partial charge in [0.15, 0.2) is 10.9 Å². The monoisotopic (exact) mass is 422 g/mol. The maximum atomic E-state index is 12.4. The first kappa shape index (κ1) is 21.7. The van der Waals surface area contributed by atoms with Crippen molar-refractivity contribution in [3.05, 3.63) is 64.5 Å². The number of ketones is 1. The lowest BCUT2D eigenvalue weighted by atomic mass is 9.99. The van der Waals surface area contributed by atoms with E-state index in [4.69, 9.17) is 4.74 Å². The highest BCUT2D eigenvalue weighted by atomic mass is 32.1. The van der Waals surface area contributed by atoms with Crippen molar-refractivity contribution in [3.63, 3.8) is 0 Å². The second kappa shape index (κ2) is 9.67. The van der Waals surface area contributed by atoms with E-state index in [0.717, 1.165) is 21.9 Å². The Bertz CT molecular complexity index is 1020. The third kappa shape index (κ3) is 5.33. The van der Waals surface area contributed by atoms with Gasteiger partial charge in [-0.1, -0.05) is 38.1 Å². The Morgan fingerprint density at radius 2 is 1.70 bits per heavy atom. The fourth-order valence-electron chi connectivity index (χ4n) is 3.07. The molecule has 1 aromatic heterocycles. The summed E-state index contributed by atoms with van der Waals surface area (Å²) < 4.78 is 5.19. The molecule has 2 aromatic carbocycles. The van der Waals surface area contributed by atoms with Gasteiger partial charge in [-0.15, -0.1) is 11.3 Å². The van der Waals surface area contributed by atoms with Crippen molar-refractivity contribution in [2.24, 2.45) is 0 Å². The van der Waals surface area contributed by atoms with E-state index < -0.39 is 0 Å². The number of carbonyl (C=O) groups is 2. The zero-order valence-electron chi connectivity index (χ0n) is 17.7. The quantitative estimate of drug-likeness (QED) is 0.462. The molecule has 3 aromatic rings. The average Bonchev–Trinajstić information content (AvgIpc) is 3.11. The number of thiazole rings is 1. The second-order valence-electron chi connectivity index (χ2n) is 7.40. The summed E-state index contributed by atoms with van der Waals surface area (Å²) in [5, 5.41) is 3.36. The molecule has 30 heavy (non-hydrogen) atoms. The lowest BCUT2D eigenvalue weighted by Gasteiger charge is -2.06. The van der Waals surface area contributed by atoms with Gasteiger partial charge in [0, 0.05) is 28.8 Å². The second-order valence-corrected chi connectivity index (χ2v) is 8.60. The van der Waals surface area contributed by atoms with Crippen molar-refractivity contribution in [2.75, 3.05) is 12.4 Å². The normalized spacial score (nSPS) is 10.8. The molecule has 0 unspecified atom stereocenters. The summed E-state index contributed by atoms with van der Waals surface area (Å²) in [6, 6.07) is 15.2. The highest BCUT2D eigenvalue weighted by Crippen LogP contribution is 2.31. The molecule has 0 spiro atoms. The van der Waals surface area contributed by atoms with Gasteiger partial charge in [-0.05, 0) is 42.7 Å². The number of nitrogens with zero attached hydrogens (tertiary/aromatic N) is 1. The van der Waals surface area contributed by atoms with E-state index in [1.54, 1.807) is 7.11 Å². The Morgan fingerprint density at radius 3 is 2.30 bits per heavy atom. The molecule has 0 atom stereocenters. The molecule has 5 nitrogen and oxygen atoms in total. The van der Waals surface area contributed by atoms with E-state index in [1.807, 2.05) is 55.5 Å². The highest BCUT2D eigenvalue weighted by molar-refractivity contribution is 7.16. The van der Waals surface area contributed by atoms with Gasteiger partial charge >= 0.3 is 0 Å². The molecule has 0 aliphatic carbocycles. The number of hydrogen-bond donors (Lipinski definition) is 1. The van der Waals surface area contributed by atoms with Crippen molar-refractivity contribution >= 4 is 28.2 Å². The number of methoxy groups -OCH3 is 1. The van der Waals surface area contributed by atoms with Crippen LogP contribution in [-0.2, 0) is 4.79 Å². The van der Waals surface area contributed by atoms with Crippen LogP contribution >= 0.6 is 11.3 Å². The zero-order chi connectivity index (χ0) is 21.7. The first-order valence-electron chi connectivity index (χ1n) is 9.92. The summed E-state index contributed by atoms with van der Waals surface area (Å²) in [6.45, 7) is 6.19. The van der Waals surface area contributed by atoms with Crippen LogP contribution in [0.15, 0.2) is 48.5 Å². The number of benzene rings is 2. The summed E-state index contributed by atoms with van der Waals surface area (Å²) in [6.07, 6.45) is 0.295. The van der Waals surface area contributed by atoms with E-state index in [1.165, 1.54) is 16.9 Å². The molecule has 1 amide bonds. The predicted molar refractivity (Wildman–Crippen MR) is 122 cm³/mol. The number of nitrogens with one attached hydrogen (secondary N) is 1. The maximum Gasteiger partial charge on any atom is 0.226 e. The summed E-state index contributed by atoms with van der Waals surface area (Å²) in [5.41, 5.74) is 3.62. The minimum absolute atomic E-state index is 0.0327. The van der Waals surface area contributed by atoms with Crippen LogP contribution in [0.5, 0.6) is 5.75 Å². The third-order valence-corrected chi connectivity index (χ3v) is 5.77. The van der Waals surface area contributed by atoms with Crippen molar-refractivity contribution in [1.29, 1.82) is 0 Å². The first-order chi connectivity index (χ1) is 14.4. The molecule has 0 aliphatic rings. The molecule has 1 N–H and O–H groups in total.